The molecule has 2 aromatic rings. The van der Waals surface area contributed by atoms with Gasteiger partial charge in [-0.1, -0.05) is 19.3 Å². The van der Waals surface area contributed by atoms with Gasteiger partial charge in [-0.2, -0.15) is 0 Å². The van der Waals surface area contributed by atoms with E-state index in [1.54, 1.807) is 23.3 Å². The van der Waals surface area contributed by atoms with Gasteiger partial charge >= 0.3 is 6.36 Å². The molecule has 1 atom stereocenters. The molecule has 0 saturated heterocycles. The third-order valence-corrected chi connectivity index (χ3v) is 7.18. The van der Waals surface area contributed by atoms with Gasteiger partial charge in [-0.3, -0.25) is 24.5 Å². The molecule has 0 bridgehead atoms. The number of hydrogen-bond acceptors (Lipinski definition) is 5. The van der Waals surface area contributed by atoms with Gasteiger partial charge in [0, 0.05) is 12.6 Å². The molecule has 1 fully saturated rings. The Morgan fingerprint density at radius 2 is 1.81 bits per heavy atom. The van der Waals surface area contributed by atoms with Gasteiger partial charge in [-0.15, -0.1) is 13.2 Å². The maximum Gasteiger partial charge on any atom is 0.573 e. The number of benzene rings is 1. The number of alkyl halides is 3. The van der Waals surface area contributed by atoms with Crippen LogP contribution in [-0.2, 0) is 18.3 Å². The number of aryl methyl sites for hydroxylation is 1. The van der Waals surface area contributed by atoms with Crippen LogP contribution < -0.4 is 15.6 Å². The summed E-state index contributed by atoms with van der Waals surface area (Å²) in [6, 6.07) is 3.52. The third kappa shape index (κ3) is 5.10. The lowest BCUT2D eigenvalue weighted by molar-refractivity contribution is -0.274. The highest BCUT2D eigenvalue weighted by atomic mass is 19.4. The molecule has 0 spiro atoms. The second-order valence-electron chi connectivity index (χ2n) is 9.47. The number of ether oxygens (including phenoxy) is 1. The fourth-order valence-corrected chi connectivity index (χ4v) is 5.25. The van der Waals surface area contributed by atoms with Crippen LogP contribution in [0.1, 0.15) is 72.6 Å². The average molecular weight is 507 g/mol. The summed E-state index contributed by atoms with van der Waals surface area (Å²) in [6.45, 7) is 1.72. The Morgan fingerprint density at radius 3 is 2.47 bits per heavy atom. The van der Waals surface area contributed by atoms with Crippen molar-refractivity contribution >= 4 is 23.1 Å². The lowest BCUT2D eigenvalue weighted by Gasteiger charge is -2.24. The Morgan fingerprint density at radius 1 is 1.11 bits per heavy atom. The number of nitrogens with zero attached hydrogens (tertiary/aromatic N) is 2. The highest BCUT2D eigenvalue weighted by Gasteiger charge is 2.35. The molecule has 194 valence electrons. The molecule has 8 nitrogen and oxygen atoms in total. The molecular formula is C25H29F3N4O4. The number of nitrogens with one attached hydrogen (secondary N) is 2. The second-order valence-corrected chi connectivity index (χ2v) is 9.47. The molecule has 2 aliphatic carbocycles. The van der Waals surface area contributed by atoms with Crippen LogP contribution in [0, 0.1) is 18.3 Å². The van der Waals surface area contributed by atoms with Crippen LogP contribution in [0.3, 0.4) is 0 Å². The van der Waals surface area contributed by atoms with Gasteiger partial charge < -0.3 is 10.1 Å². The predicted molar refractivity (Wildman–Crippen MR) is 127 cm³/mol. The fraction of sp³-hybridized carbons (Fsp3) is 0.520. The normalized spacial score (nSPS) is 18.9. The quantitative estimate of drug-likeness (QED) is 0.453. The number of ketones is 1. The standard InChI is InChI=1S/C25H29F3N4O4/c1-14-21(24(35)32(31(14)2)16-8-4-3-5-9-16)30-23(34)20(29)19-10-6-7-15-13-17(36-25(26,27)28)11-12-18(15)22(19)33/h11-13,16,19,29H,3-10H2,1-2H3,(H,30,34). The Kier molecular flexibility index (Phi) is 7.10. The first-order valence-corrected chi connectivity index (χ1v) is 12.1. The first-order chi connectivity index (χ1) is 17.0. The molecule has 4 rings (SSSR count). The van der Waals surface area contributed by atoms with Crippen LogP contribution in [0.5, 0.6) is 5.75 Å². The van der Waals surface area contributed by atoms with Gasteiger partial charge in [0.05, 0.1) is 17.7 Å². The summed E-state index contributed by atoms with van der Waals surface area (Å²) in [7, 11) is 1.76. The molecule has 1 unspecified atom stereocenters. The van der Waals surface area contributed by atoms with E-state index in [1.165, 1.54) is 12.1 Å². The van der Waals surface area contributed by atoms with Gasteiger partial charge in [0.2, 0.25) is 0 Å². The molecular weight excluding hydrogens is 477 g/mol. The molecule has 11 heteroatoms. The average Bonchev–Trinajstić information content (AvgIpc) is 2.94. The first-order valence-electron chi connectivity index (χ1n) is 12.1. The zero-order valence-electron chi connectivity index (χ0n) is 20.2. The lowest BCUT2D eigenvalue weighted by atomic mass is 9.90. The van der Waals surface area contributed by atoms with E-state index in [9.17, 15) is 27.6 Å². The van der Waals surface area contributed by atoms with E-state index in [-0.39, 0.29) is 29.3 Å². The smallest absolute Gasteiger partial charge is 0.406 e. The van der Waals surface area contributed by atoms with Crippen molar-refractivity contribution in [1.82, 2.24) is 9.36 Å². The van der Waals surface area contributed by atoms with Crippen molar-refractivity contribution in [2.45, 2.75) is 70.7 Å². The van der Waals surface area contributed by atoms with E-state index in [1.807, 2.05) is 0 Å². The van der Waals surface area contributed by atoms with Crippen LogP contribution >= 0.6 is 0 Å². The maximum atomic E-state index is 13.2. The highest BCUT2D eigenvalue weighted by molar-refractivity contribution is 6.46. The van der Waals surface area contributed by atoms with Crippen molar-refractivity contribution in [3.8, 4) is 5.75 Å². The summed E-state index contributed by atoms with van der Waals surface area (Å²) in [4.78, 5) is 39.3. The van der Waals surface area contributed by atoms with Gasteiger partial charge in [0.15, 0.2) is 5.78 Å². The van der Waals surface area contributed by atoms with Crippen molar-refractivity contribution in [1.29, 1.82) is 5.41 Å². The summed E-state index contributed by atoms with van der Waals surface area (Å²) in [5.74, 6) is -2.83. The summed E-state index contributed by atoms with van der Waals surface area (Å²) >= 11 is 0. The SMILES string of the molecule is Cc1c(NC(=O)C(=N)C2CCCc3cc(OC(F)(F)F)ccc3C2=O)c(=O)n(C2CCCCC2)n1C. The van der Waals surface area contributed by atoms with Crippen LogP contribution in [0.2, 0.25) is 0 Å². The van der Waals surface area contributed by atoms with Crippen LogP contribution in [0.25, 0.3) is 0 Å². The minimum absolute atomic E-state index is 0.0474. The van der Waals surface area contributed by atoms with E-state index in [0.717, 1.165) is 38.2 Å². The molecule has 1 saturated carbocycles. The number of amides is 1. The van der Waals surface area contributed by atoms with Crippen molar-refractivity contribution in [3.05, 3.63) is 45.4 Å². The number of hydrogen-bond donors (Lipinski definition) is 2. The molecule has 0 radical (unpaired) electrons. The Balaban J connectivity index is 1.54. The van der Waals surface area contributed by atoms with Gasteiger partial charge in [-0.05, 0) is 62.8 Å². The molecule has 36 heavy (non-hydrogen) atoms. The summed E-state index contributed by atoms with van der Waals surface area (Å²) in [5.41, 5.74) is 0.384. The van der Waals surface area contributed by atoms with Gasteiger partial charge in [0.1, 0.15) is 17.1 Å². The topological polar surface area (TPSA) is 106 Å². The number of Topliss-reactive ketones (excluding diaryl/α,β-unsaturated/α-hetero) is 1. The third-order valence-electron chi connectivity index (χ3n) is 7.18. The summed E-state index contributed by atoms with van der Waals surface area (Å²) in [6.07, 6.45) is 0.999. The molecule has 1 aromatic carbocycles. The van der Waals surface area contributed by atoms with Crippen molar-refractivity contribution in [3.63, 3.8) is 0 Å². The summed E-state index contributed by atoms with van der Waals surface area (Å²) in [5, 5.41) is 11.0. The van der Waals surface area contributed by atoms with Gasteiger partial charge in [0.25, 0.3) is 11.5 Å². The lowest BCUT2D eigenvalue weighted by Crippen LogP contribution is -2.35. The largest absolute Gasteiger partial charge is 0.573 e. The zero-order chi connectivity index (χ0) is 26.2. The molecule has 0 aliphatic heterocycles. The number of carbonyl (C=O) groups is 2. The molecule has 1 aromatic heterocycles. The number of halogens is 3. The molecule has 2 N–H and O–H groups in total. The second kappa shape index (κ2) is 9.94. The number of carbonyl (C=O) groups excluding carboxylic acids is 2. The predicted octanol–water partition coefficient (Wildman–Crippen LogP) is 4.69. The van der Waals surface area contributed by atoms with Crippen molar-refractivity contribution in [2.24, 2.45) is 13.0 Å². The number of rotatable bonds is 5. The number of fused-ring (bicyclic) bond motifs is 1. The van der Waals surface area contributed by atoms with E-state index >= 15 is 0 Å². The number of anilines is 1. The van der Waals surface area contributed by atoms with E-state index < -0.39 is 35.4 Å². The van der Waals surface area contributed by atoms with E-state index in [0.29, 0.717) is 24.1 Å². The number of aromatic nitrogens is 2. The van der Waals surface area contributed by atoms with Crippen LogP contribution in [-0.4, -0.2) is 33.1 Å². The zero-order valence-corrected chi connectivity index (χ0v) is 20.2. The Labute approximate surface area is 205 Å². The fourth-order valence-electron chi connectivity index (χ4n) is 5.25. The minimum Gasteiger partial charge on any atom is -0.406 e. The first kappa shape index (κ1) is 25.7. The minimum atomic E-state index is -4.85. The molecule has 2 aliphatic rings. The summed E-state index contributed by atoms with van der Waals surface area (Å²) < 4.78 is 45.0. The van der Waals surface area contributed by atoms with E-state index in [2.05, 4.69) is 10.1 Å². The highest BCUT2D eigenvalue weighted by Crippen LogP contribution is 2.31. The van der Waals surface area contributed by atoms with Gasteiger partial charge in [-0.25, -0.2) is 4.68 Å². The van der Waals surface area contributed by atoms with Crippen LogP contribution in [0.15, 0.2) is 23.0 Å². The van der Waals surface area contributed by atoms with Crippen molar-refractivity contribution in [2.75, 3.05) is 5.32 Å². The monoisotopic (exact) mass is 506 g/mol. The maximum absolute atomic E-state index is 13.2. The van der Waals surface area contributed by atoms with Crippen LogP contribution in [0.4, 0.5) is 18.9 Å². The van der Waals surface area contributed by atoms with E-state index in [4.69, 9.17) is 5.41 Å². The Bertz CT molecular complexity index is 1260. The molecule has 1 amide bonds. The molecule has 1 heterocycles. The van der Waals surface area contributed by atoms with Crippen molar-refractivity contribution < 1.29 is 27.5 Å². The Hall–Kier alpha value is -3.37.